The molecule has 2 aromatic rings. The SMILES string of the molecule is COc1cnc(O[C@@H]2C[C@@H](C(=O)O)N(C(=O)C(NC(=O)OC(C)(C)C)C(C)(C)C)C2)c2cc(Cl)ccc12. The molecule has 37 heavy (non-hydrogen) atoms. The molecule has 3 atom stereocenters. The number of carbonyl (C=O) groups excluding carboxylic acids is 2. The third-order valence-corrected chi connectivity index (χ3v) is 6.11. The lowest BCUT2D eigenvalue weighted by Gasteiger charge is -2.35. The summed E-state index contributed by atoms with van der Waals surface area (Å²) < 4.78 is 16.8. The molecule has 0 aliphatic carbocycles. The highest BCUT2D eigenvalue weighted by Gasteiger charge is 2.46. The van der Waals surface area contributed by atoms with E-state index in [4.69, 9.17) is 25.8 Å². The van der Waals surface area contributed by atoms with Crippen molar-refractivity contribution in [1.29, 1.82) is 0 Å². The Balaban J connectivity index is 1.87. The van der Waals surface area contributed by atoms with Gasteiger partial charge < -0.3 is 29.5 Å². The highest BCUT2D eigenvalue weighted by molar-refractivity contribution is 6.31. The molecule has 3 rings (SSSR count). The number of amides is 2. The number of halogens is 1. The van der Waals surface area contributed by atoms with Crippen LogP contribution in [0.5, 0.6) is 11.6 Å². The number of likely N-dealkylation sites (tertiary alicyclic amines) is 1. The van der Waals surface area contributed by atoms with Gasteiger partial charge in [-0.1, -0.05) is 32.4 Å². The van der Waals surface area contributed by atoms with E-state index in [-0.39, 0.29) is 18.8 Å². The Bertz CT molecular complexity index is 1190. The standard InChI is InChI=1S/C26H34ClN3O7/c1-25(2,3)20(29-24(34)37-26(4,5)6)22(31)30-13-15(11-18(30)23(32)33)36-21-17-10-14(27)8-9-16(17)19(35-7)12-28-21/h8-10,12,15,18,20H,11,13H2,1-7H3,(H,29,34)(H,32,33)/t15-,18+,20?/m1/s1. The van der Waals surface area contributed by atoms with Gasteiger partial charge in [0, 0.05) is 22.2 Å². The predicted molar refractivity (Wildman–Crippen MR) is 138 cm³/mol. The van der Waals surface area contributed by atoms with Crippen molar-refractivity contribution in [2.75, 3.05) is 13.7 Å². The quantitative estimate of drug-likeness (QED) is 0.561. The molecule has 2 amide bonds. The fraction of sp³-hybridized carbons (Fsp3) is 0.538. The van der Waals surface area contributed by atoms with Gasteiger partial charge in [0.1, 0.15) is 29.5 Å². The molecule has 1 aromatic heterocycles. The normalized spacial score (nSPS) is 18.9. The Kier molecular flexibility index (Phi) is 8.12. The number of benzene rings is 1. The van der Waals surface area contributed by atoms with E-state index in [2.05, 4.69) is 10.3 Å². The molecule has 202 valence electrons. The lowest BCUT2D eigenvalue weighted by Crippen LogP contribution is -2.57. The summed E-state index contributed by atoms with van der Waals surface area (Å²) in [6.45, 7) is 10.5. The fourth-order valence-corrected chi connectivity index (χ4v) is 4.35. The summed E-state index contributed by atoms with van der Waals surface area (Å²) in [5.74, 6) is -0.916. The number of alkyl carbamates (subject to hydrolysis) is 1. The Morgan fingerprint density at radius 3 is 2.41 bits per heavy atom. The van der Waals surface area contributed by atoms with E-state index in [1.165, 1.54) is 18.2 Å². The number of carboxylic acids is 1. The van der Waals surface area contributed by atoms with Gasteiger partial charge in [-0.15, -0.1) is 0 Å². The second kappa shape index (κ2) is 10.6. The molecule has 1 fully saturated rings. The fourth-order valence-electron chi connectivity index (χ4n) is 4.18. The summed E-state index contributed by atoms with van der Waals surface area (Å²) in [6.07, 6.45) is 0.138. The van der Waals surface area contributed by atoms with Gasteiger partial charge >= 0.3 is 12.1 Å². The number of rotatable bonds is 6. The van der Waals surface area contributed by atoms with Gasteiger partial charge in [-0.3, -0.25) is 4.79 Å². The van der Waals surface area contributed by atoms with Crippen LogP contribution in [0.25, 0.3) is 10.8 Å². The third-order valence-electron chi connectivity index (χ3n) is 5.88. The number of ether oxygens (including phenoxy) is 3. The van der Waals surface area contributed by atoms with Crippen molar-refractivity contribution >= 4 is 40.3 Å². The largest absolute Gasteiger partial charge is 0.494 e. The number of nitrogens with zero attached hydrogens (tertiary/aromatic N) is 2. The molecule has 0 spiro atoms. The van der Waals surface area contributed by atoms with Crippen LogP contribution in [0.2, 0.25) is 5.02 Å². The maximum absolute atomic E-state index is 13.6. The van der Waals surface area contributed by atoms with E-state index in [1.807, 2.05) is 0 Å². The van der Waals surface area contributed by atoms with Crippen molar-refractivity contribution in [1.82, 2.24) is 15.2 Å². The lowest BCUT2D eigenvalue weighted by atomic mass is 9.85. The molecule has 1 aliphatic heterocycles. The van der Waals surface area contributed by atoms with E-state index in [1.54, 1.807) is 59.7 Å². The molecular formula is C26H34ClN3O7. The number of nitrogens with one attached hydrogen (secondary N) is 1. The van der Waals surface area contributed by atoms with Crippen LogP contribution in [0.4, 0.5) is 4.79 Å². The Morgan fingerprint density at radius 1 is 1.16 bits per heavy atom. The molecule has 0 saturated carbocycles. The number of aliphatic carboxylic acids is 1. The molecule has 1 aliphatic rings. The van der Waals surface area contributed by atoms with Gasteiger partial charge in [0.25, 0.3) is 0 Å². The minimum atomic E-state index is -1.17. The van der Waals surface area contributed by atoms with Crippen molar-refractivity contribution in [3.63, 3.8) is 0 Å². The van der Waals surface area contributed by atoms with Crippen LogP contribution in [0, 0.1) is 5.41 Å². The molecule has 2 N–H and O–H groups in total. The zero-order valence-electron chi connectivity index (χ0n) is 22.1. The van der Waals surface area contributed by atoms with Crippen molar-refractivity contribution in [3.05, 3.63) is 29.4 Å². The minimum absolute atomic E-state index is 0.00581. The number of carbonyl (C=O) groups is 3. The number of fused-ring (bicyclic) bond motifs is 1. The van der Waals surface area contributed by atoms with Gasteiger partial charge in [0.05, 0.1) is 19.9 Å². The van der Waals surface area contributed by atoms with Gasteiger partial charge in [0.2, 0.25) is 11.8 Å². The summed E-state index contributed by atoms with van der Waals surface area (Å²) in [5, 5.41) is 14.3. The summed E-state index contributed by atoms with van der Waals surface area (Å²) >= 11 is 6.19. The zero-order valence-corrected chi connectivity index (χ0v) is 22.9. The van der Waals surface area contributed by atoms with Gasteiger partial charge in [-0.05, 0) is 44.4 Å². The molecule has 1 unspecified atom stereocenters. The summed E-state index contributed by atoms with van der Waals surface area (Å²) in [5.41, 5.74) is -1.48. The Labute approximate surface area is 221 Å². The molecule has 11 heteroatoms. The smallest absolute Gasteiger partial charge is 0.408 e. The number of aromatic nitrogens is 1. The van der Waals surface area contributed by atoms with Gasteiger partial charge in [0.15, 0.2) is 0 Å². The molecule has 0 bridgehead atoms. The number of methoxy groups -OCH3 is 1. The second-order valence-corrected chi connectivity index (χ2v) is 11.5. The van der Waals surface area contributed by atoms with Crippen LogP contribution in [0.1, 0.15) is 48.0 Å². The average Bonchev–Trinajstić information content (AvgIpc) is 3.19. The number of pyridine rings is 1. The van der Waals surface area contributed by atoms with E-state index in [9.17, 15) is 19.5 Å². The van der Waals surface area contributed by atoms with Crippen LogP contribution in [-0.2, 0) is 14.3 Å². The summed E-state index contributed by atoms with van der Waals surface area (Å²) in [7, 11) is 1.53. The molecule has 1 aromatic carbocycles. The first-order chi connectivity index (χ1) is 17.1. The van der Waals surface area contributed by atoms with Crippen LogP contribution >= 0.6 is 11.6 Å². The van der Waals surface area contributed by atoms with Crippen LogP contribution in [-0.4, -0.2) is 70.4 Å². The van der Waals surface area contributed by atoms with E-state index < -0.39 is 47.2 Å². The van der Waals surface area contributed by atoms with Crippen LogP contribution in [0.15, 0.2) is 24.4 Å². The highest BCUT2D eigenvalue weighted by atomic mass is 35.5. The topological polar surface area (TPSA) is 127 Å². The van der Waals surface area contributed by atoms with Crippen molar-refractivity contribution in [3.8, 4) is 11.6 Å². The zero-order chi connectivity index (χ0) is 27.7. The van der Waals surface area contributed by atoms with Crippen LogP contribution in [0.3, 0.4) is 0 Å². The predicted octanol–water partition coefficient (Wildman–Crippen LogP) is 4.27. The maximum atomic E-state index is 13.6. The monoisotopic (exact) mass is 535 g/mol. The number of hydrogen-bond donors (Lipinski definition) is 2. The third kappa shape index (κ3) is 6.74. The second-order valence-electron chi connectivity index (χ2n) is 11.1. The Morgan fingerprint density at radius 2 is 1.84 bits per heavy atom. The summed E-state index contributed by atoms with van der Waals surface area (Å²) in [4.78, 5) is 43.8. The van der Waals surface area contributed by atoms with Gasteiger partial charge in [-0.25, -0.2) is 14.6 Å². The first-order valence-corrected chi connectivity index (χ1v) is 12.3. The molecule has 0 radical (unpaired) electrons. The average molecular weight is 536 g/mol. The van der Waals surface area contributed by atoms with Crippen molar-refractivity contribution in [2.24, 2.45) is 5.41 Å². The minimum Gasteiger partial charge on any atom is -0.494 e. The molecule has 2 heterocycles. The van der Waals surface area contributed by atoms with E-state index in [0.717, 1.165) is 5.39 Å². The van der Waals surface area contributed by atoms with Gasteiger partial charge in [-0.2, -0.15) is 0 Å². The Hall–Kier alpha value is -3.27. The first-order valence-electron chi connectivity index (χ1n) is 11.9. The molecule has 1 saturated heterocycles. The summed E-state index contributed by atoms with van der Waals surface area (Å²) in [6, 6.07) is 3.02. The number of hydrogen-bond acceptors (Lipinski definition) is 7. The lowest BCUT2D eigenvalue weighted by molar-refractivity contribution is -0.150. The highest BCUT2D eigenvalue weighted by Crippen LogP contribution is 2.35. The number of carboxylic acid groups (broad SMARTS) is 1. The molecular weight excluding hydrogens is 502 g/mol. The van der Waals surface area contributed by atoms with Crippen molar-refractivity contribution < 1.29 is 33.7 Å². The molecule has 10 nitrogen and oxygen atoms in total. The van der Waals surface area contributed by atoms with Crippen molar-refractivity contribution in [2.45, 2.75) is 71.8 Å². The van der Waals surface area contributed by atoms with Crippen LogP contribution < -0.4 is 14.8 Å². The van der Waals surface area contributed by atoms with E-state index >= 15 is 0 Å². The first kappa shape index (κ1) is 28.3. The van der Waals surface area contributed by atoms with E-state index in [0.29, 0.717) is 16.2 Å². The maximum Gasteiger partial charge on any atom is 0.408 e.